The number of rotatable bonds is 3. The third-order valence-corrected chi connectivity index (χ3v) is 7.53. The zero-order chi connectivity index (χ0) is 28.4. The standard InChI is InChI=1S/C27H23F5N6O2/c1-36-19-12-20(37-9-10-38(26(14-37)7-8-26)25(40)34-15-5-3-2-4-6-15)33-13-17(19)23(35-36)16-11-18(27(30,31)32)22(29)24(39)21(16)28/h2-6,11-13,39H,7-10,14H2,1H3,(H,34,40). The van der Waals surface area contributed by atoms with E-state index in [4.69, 9.17) is 0 Å². The Morgan fingerprint density at radius 2 is 1.80 bits per heavy atom. The Morgan fingerprint density at radius 3 is 2.48 bits per heavy atom. The molecule has 2 amide bonds. The lowest BCUT2D eigenvalue weighted by atomic mass is 10.0. The van der Waals surface area contributed by atoms with E-state index in [1.165, 1.54) is 17.9 Å². The summed E-state index contributed by atoms with van der Waals surface area (Å²) >= 11 is 0. The number of para-hydroxylation sites is 1. The minimum Gasteiger partial charge on any atom is -0.503 e. The van der Waals surface area contributed by atoms with Gasteiger partial charge in [-0.05, 0) is 31.0 Å². The molecule has 2 aromatic heterocycles. The summed E-state index contributed by atoms with van der Waals surface area (Å²) in [4.78, 5) is 21.4. The number of amides is 2. The van der Waals surface area contributed by atoms with Crippen LogP contribution in [0.3, 0.4) is 0 Å². The summed E-state index contributed by atoms with van der Waals surface area (Å²) in [5.41, 5.74) is -1.89. The molecule has 2 aliphatic rings. The highest BCUT2D eigenvalue weighted by atomic mass is 19.4. The summed E-state index contributed by atoms with van der Waals surface area (Å²) in [6.07, 6.45) is -2.12. The van der Waals surface area contributed by atoms with Crippen LogP contribution in [-0.2, 0) is 13.2 Å². The van der Waals surface area contributed by atoms with Gasteiger partial charge in [-0.1, -0.05) is 18.2 Å². The number of halogens is 5. The summed E-state index contributed by atoms with van der Waals surface area (Å²) in [5, 5.41) is 17.1. The molecule has 2 N–H and O–H groups in total. The zero-order valence-electron chi connectivity index (χ0n) is 21.1. The number of piperazine rings is 1. The number of hydrogen-bond acceptors (Lipinski definition) is 5. The molecular formula is C27H23F5N6O2. The fourth-order valence-electron chi connectivity index (χ4n) is 5.29. The Hall–Kier alpha value is -4.42. The number of fused-ring (bicyclic) bond motifs is 1. The number of benzene rings is 2. The molecule has 208 valence electrons. The first-order valence-corrected chi connectivity index (χ1v) is 12.5. The predicted octanol–water partition coefficient (Wildman–Crippen LogP) is 5.52. The van der Waals surface area contributed by atoms with Crippen LogP contribution in [0, 0.1) is 11.6 Å². The van der Waals surface area contributed by atoms with E-state index >= 15 is 0 Å². The van der Waals surface area contributed by atoms with Gasteiger partial charge >= 0.3 is 12.2 Å². The number of aromatic hydroxyl groups is 1. The number of nitrogens with zero attached hydrogens (tertiary/aromatic N) is 5. The summed E-state index contributed by atoms with van der Waals surface area (Å²) in [7, 11) is 1.54. The summed E-state index contributed by atoms with van der Waals surface area (Å²) in [6, 6.07) is 11.0. The number of alkyl halides is 3. The van der Waals surface area contributed by atoms with Crippen molar-refractivity contribution in [3.05, 3.63) is 65.9 Å². The van der Waals surface area contributed by atoms with E-state index in [-0.39, 0.29) is 22.7 Å². The van der Waals surface area contributed by atoms with Crippen molar-refractivity contribution >= 4 is 28.4 Å². The minimum atomic E-state index is -5.15. The fraction of sp³-hybridized carbons (Fsp3) is 0.296. The summed E-state index contributed by atoms with van der Waals surface area (Å²) in [5.74, 6) is -4.79. The number of aryl methyl sites for hydroxylation is 1. The molecule has 2 aromatic carbocycles. The second-order valence-electron chi connectivity index (χ2n) is 10.1. The van der Waals surface area contributed by atoms with E-state index in [1.54, 1.807) is 6.07 Å². The molecule has 1 saturated heterocycles. The van der Waals surface area contributed by atoms with Gasteiger partial charge in [-0.25, -0.2) is 18.6 Å². The molecule has 6 rings (SSSR count). The molecule has 1 saturated carbocycles. The molecule has 0 atom stereocenters. The highest BCUT2D eigenvalue weighted by Gasteiger charge is 2.53. The molecule has 1 aliphatic heterocycles. The highest BCUT2D eigenvalue weighted by molar-refractivity contribution is 5.94. The predicted molar refractivity (Wildman–Crippen MR) is 137 cm³/mol. The smallest absolute Gasteiger partial charge is 0.419 e. The van der Waals surface area contributed by atoms with Crippen molar-refractivity contribution in [1.82, 2.24) is 19.7 Å². The Bertz CT molecular complexity index is 1630. The molecule has 3 heterocycles. The number of pyridine rings is 1. The van der Waals surface area contributed by atoms with Crippen LogP contribution in [0.15, 0.2) is 48.7 Å². The lowest BCUT2D eigenvalue weighted by Gasteiger charge is -2.42. The van der Waals surface area contributed by atoms with E-state index in [0.717, 1.165) is 12.8 Å². The third kappa shape index (κ3) is 4.25. The molecule has 13 heteroatoms. The normalized spacial score (nSPS) is 16.6. The Labute approximate surface area is 224 Å². The van der Waals surface area contributed by atoms with Crippen LogP contribution in [0.25, 0.3) is 22.2 Å². The van der Waals surface area contributed by atoms with Gasteiger partial charge in [-0.15, -0.1) is 0 Å². The second kappa shape index (κ2) is 9.07. The van der Waals surface area contributed by atoms with Gasteiger partial charge in [-0.2, -0.15) is 18.3 Å². The van der Waals surface area contributed by atoms with Crippen molar-refractivity contribution in [1.29, 1.82) is 0 Å². The van der Waals surface area contributed by atoms with Gasteiger partial charge in [0.05, 0.1) is 16.6 Å². The number of phenolic OH excluding ortho intramolecular Hbond substituents is 1. The van der Waals surface area contributed by atoms with Crippen molar-refractivity contribution < 1.29 is 31.9 Å². The molecule has 8 nitrogen and oxygen atoms in total. The first-order valence-electron chi connectivity index (χ1n) is 12.5. The van der Waals surface area contributed by atoms with E-state index in [9.17, 15) is 31.9 Å². The number of urea groups is 1. The van der Waals surface area contributed by atoms with Gasteiger partial charge in [-0.3, -0.25) is 4.68 Å². The van der Waals surface area contributed by atoms with Crippen LogP contribution in [0.1, 0.15) is 18.4 Å². The number of phenols is 1. The van der Waals surface area contributed by atoms with Crippen molar-refractivity contribution in [3.8, 4) is 17.0 Å². The van der Waals surface area contributed by atoms with E-state index in [2.05, 4.69) is 15.4 Å². The van der Waals surface area contributed by atoms with Crippen LogP contribution >= 0.6 is 0 Å². The molecule has 4 aromatic rings. The van der Waals surface area contributed by atoms with Crippen molar-refractivity contribution in [2.24, 2.45) is 7.05 Å². The van der Waals surface area contributed by atoms with Gasteiger partial charge in [0, 0.05) is 55.6 Å². The topological polar surface area (TPSA) is 86.5 Å². The summed E-state index contributed by atoms with van der Waals surface area (Å²) < 4.78 is 70.2. The minimum absolute atomic E-state index is 0.175. The van der Waals surface area contributed by atoms with Gasteiger partial charge in [0.2, 0.25) is 0 Å². The molecule has 1 aliphatic carbocycles. The number of hydrogen-bond donors (Lipinski definition) is 2. The lowest BCUT2D eigenvalue weighted by molar-refractivity contribution is -0.140. The number of anilines is 2. The van der Waals surface area contributed by atoms with Gasteiger partial charge in [0.1, 0.15) is 11.5 Å². The lowest BCUT2D eigenvalue weighted by Crippen LogP contribution is -2.58. The molecule has 2 fully saturated rings. The van der Waals surface area contributed by atoms with Crippen LogP contribution in [0.2, 0.25) is 0 Å². The first-order chi connectivity index (χ1) is 19.0. The van der Waals surface area contributed by atoms with Crippen molar-refractivity contribution in [2.75, 3.05) is 29.9 Å². The zero-order valence-corrected chi connectivity index (χ0v) is 21.1. The van der Waals surface area contributed by atoms with Gasteiger partial charge in [0.15, 0.2) is 17.4 Å². The SMILES string of the molecule is Cn1nc(-c2cc(C(F)(F)F)c(F)c(O)c2F)c2cnc(N3CCN(C(=O)Nc4ccccc4)C4(CC4)C3)cc21. The summed E-state index contributed by atoms with van der Waals surface area (Å²) in [6.45, 7) is 1.48. The highest BCUT2D eigenvalue weighted by Crippen LogP contribution is 2.46. The van der Waals surface area contributed by atoms with E-state index < -0.39 is 34.7 Å². The van der Waals surface area contributed by atoms with E-state index in [0.29, 0.717) is 42.7 Å². The number of aromatic nitrogens is 3. The largest absolute Gasteiger partial charge is 0.503 e. The maximum Gasteiger partial charge on any atom is 0.419 e. The molecule has 1 spiro atoms. The van der Waals surface area contributed by atoms with Gasteiger partial charge < -0.3 is 20.2 Å². The van der Waals surface area contributed by atoms with Gasteiger partial charge in [0.25, 0.3) is 0 Å². The number of carbonyl (C=O) groups excluding carboxylic acids is 1. The van der Waals surface area contributed by atoms with Crippen molar-refractivity contribution in [3.63, 3.8) is 0 Å². The van der Waals surface area contributed by atoms with E-state index in [1.807, 2.05) is 40.1 Å². The first kappa shape index (κ1) is 25.8. The Morgan fingerprint density at radius 1 is 1.07 bits per heavy atom. The Balaban J connectivity index is 1.29. The number of nitrogens with one attached hydrogen (secondary N) is 1. The molecule has 0 radical (unpaired) electrons. The average molecular weight is 559 g/mol. The maximum absolute atomic E-state index is 14.8. The molecular weight excluding hydrogens is 535 g/mol. The number of carbonyl (C=O) groups is 1. The fourth-order valence-corrected chi connectivity index (χ4v) is 5.29. The molecule has 40 heavy (non-hydrogen) atoms. The van der Waals surface area contributed by atoms with Crippen LogP contribution in [0.5, 0.6) is 5.75 Å². The van der Waals surface area contributed by atoms with Crippen LogP contribution in [-0.4, -0.2) is 56.0 Å². The van der Waals surface area contributed by atoms with Crippen LogP contribution in [0.4, 0.5) is 38.3 Å². The van der Waals surface area contributed by atoms with Crippen LogP contribution < -0.4 is 10.2 Å². The monoisotopic (exact) mass is 558 g/mol. The molecule has 0 unspecified atom stereocenters. The Kier molecular flexibility index (Phi) is 5.86. The van der Waals surface area contributed by atoms with Crippen molar-refractivity contribution in [2.45, 2.75) is 24.6 Å². The quantitative estimate of drug-likeness (QED) is 0.323. The molecule has 0 bridgehead atoms. The third-order valence-electron chi connectivity index (χ3n) is 7.53. The second-order valence-corrected chi connectivity index (χ2v) is 10.1. The average Bonchev–Trinajstić information content (AvgIpc) is 3.60. The maximum atomic E-state index is 14.8.